The van der Waals surface area contributed by atoms with Crippen molar-refractivity contribution in [2.24, 2.45) is 16.7 Å². The van der Waals surface area contributed by atoms with Crippen LogP contribution in [0.5, 0.6) is 0 Å². The van der Waals surface area contributed by atoms with Gasteiger partial charge in [-0.2, -0.15) is 0 Å². The van der Waals surface area contributed by atoms with E-state index in [-0.39, 0.29) is 11.2 Å². The molecule has 0 aromatic heterocycles. The second kappa shape index (κ2) is 3.61. The Morgan fingerprint density at radius 3 is 2.62 bits per heavy atom. The first-order valence-electron chi connectivity index (χ1n) is 6.30. The van der Waals surface area contributed by atoms with Crippen LogP contribution in [0.15, 0.2) is 11.8 Å². The molecule has 90 valence electrons. The predicted octanol–water partition coefficient (Wildman–Crippen LogP) is 3.62. The minimum atomic E-state index is -0.0914. The summed E-state index contributed by atoms with van der Waals surface area (Å²) in [6.07, 6.45) is 6.11. The Bertz CT molecular complexity index is 341. The first-order valence-corrected chi connectivity index (χ1v) is 6.30. The van der Waals surface area contributed by atoms with Crippen LogP contribution >= 0.6 is 0 Å². The summed E-state index contributed by atoms with van der Waals surface area (Å²) in [5.41, 5.74) is 0.880. The summed E-state index contributed by atoms with van der Waals surface area (Å²) in [5.74, 6) is 0.684. The summed E-state index contributed by atoms with van der Waals surface area (Å²) >= 11 is 0. The van der Waals surface area contributed by atoms with Gasteiger partial charge >= 0.3 is 0 Å². The molecule has 0 amide bonds. The van der Waals surface area contributed by atoms with E-state index in [1.165, 1.54) is 6.42 Å². The van der Waals surface area contributed by atoms with Gasteiger partial charge in [0.1, 0.15) is 0 Å². The summed E-state index contributed by atoms with van der Waals surface area (Å²) in [4.78, 5) is 11.9. The maximum absolute atomic E-state index is 11.9. The lowest BCUT2D eigenvalue weighted by Gasteiger charge is -2.53. The van der Waals surface area contributed by atoms with E-state index in [4.69, 9.17) is 0 Å². The highest BCUT2D eigenvalue weighted by molar-refractivity contribution is 5.97. The Hall–Kier alpha value is -0.790. The van der Waals surface area contributed by atoms with Crippen molar-refractivity contribution in [3.63, 3.8) is 0 Å². The number of allylic oxidation sites excluding steroid dienone is 1. The molecule has 2 fully saturated rings. The molecular formula is C14H22O2. The molecule has 16 heavy (non-hydrogen) atoms. The molecule has 0 heterocycles. The molecule has 0 unspecified atom stereocenters. The third kappa shape index (κ3) is 1.50. The Balaban J connectivity index is 2.43. The van der Waals surface area contributed by atoms with E-state index < -0.39 is 0 Å². The van der Waals surface area contributed by atoms with E-state index in [0.29, 0.717) is 23.3 Å². The highest BCUT2D eigenvalue weighted by Crippen LogP contribution is 2.58. The van der Waals surface area contributed by atoms with Crippen LogP contribution < -0.4 is 0 Å². The Morgan fingerprint density at radius 2 is 2.00 bits per heavy atom. The van der Waals surface area contributed by atoms with E-state index in [0.717, 1.165) is 25.5 Å². The molecule has 2 heteroatoms. The highest BCUT2D eigenvalue weighted by Gasteiger charge is 2.52. The minimum Gasteiger partial charge on any atom is -0.515 e. The van der Waals surface area contributed by atoms with Crippen LogP contribution in [0.3, 0.4) is 0 Å². The number of hydrogen-bond acceptors (Lipinski definition) is 2. The molecule has 0 aliphatic heterocycles. The number of fused-ring (bicyclic) bond motifs is 1. The first-order chi connectivity index (χ1) is 7.42. The lowest BCUT2D eigenvalue weighted by atomic mass is 9.50. The van der Waals surface area contributed by atoms with E-state index >= 15 is 0 Å². The SMILES string of the molecule is CC1(C)CCC[C@@]2(C)/C(=C/O)C(=O)CC[C@H]12. The van der Waals surface area contributed by atoms with Crippen molar-refractivity contribution in [3.05, 3.63) is 11.8 Å². The van der Waals surface area contributed by atoms with Gasteiger partial charge in [0.05, 0.1) is 6.26 Å². The summed E-state index contributed by atoms with van der Waals surface area (Å²) in [6, 6.07) is 0. The lowest BCUT2D eigenvalue weighted by molar-refractivity contribution is -0.122. The van der Waals surface area contributed by atoms with Crippen molar-refractivity contribution in [2.45, 2.75) is 52.9 Å². The number of aliphatic hydroxyl groups is 1. The van der Waals surface area contributed by atoms with E-state index in [1.54, 1.807) is 0 Å². The van der Waals surface area contributed by atoms with Crippen LogP contribution in [0.1, 0.15) is 52.9 Å². The van der Waals surface area contributed by atoms with Gasteiger partial charge in [0, 0.05) is 17.4 Å². The Kier molecular flexibility index (Phi) is 2.64. The number of aliphatic hydroxyl groups excluding tert-OH is 1. The van der Waals surface area contributed by atoms with Crippen molar-refractivity contribution >= 4 is 5.78 Å². The highest BCUT2D eigenvalue weighted by atomic mass is 16.2. The first kappa shape index (κ1) is 11.7. The molecule has 2 atom stereocenters. The smallest absolute Gasteiger partial charge is 0.162 e. The third-order valence-corrected chi connectivity index (χ3v) is 4.93. The van der Waals surface area contributed by atoms with Crippen molar-refractivity contribution in [1.82, 2.24) is 0 Å². The van der Waals surface area contributed by atoms with Crippen LogP contribution in [-0.4, -0.2) is 10.9 Å². The van der Waals surface area contributed by atoms with E-state index in [9.17, 15) is 9.90 Å². The Morgan fingerprint density at radius 1 is 1.31 bits per heavy atom. The second-order valence-electron chi connectivity index (χ2n) is 6.32. The molecule has 0 saturated heterocycles. The number of rotatable bonds is 0. The molecule has 2 aliphatic carbocycles. The quantitative estimate of drug-likeness (QED) is 0.502. The van der Waals surface area contributed by atoms with Crippen LogP contribution in [0, 0.1) is 16.7 Å². The number of Topliss-reactive ketones (excluding diaryl/α,β-unsaturated/α-hetero) is 1. The van der Waals surface area contributed by atoms with Gasteiger partial charge in [0.2, 0.25) is 0 Å². The van der Waals surface area contributed by atoms with E-state index in [1.807, 2.05) is 0 Å². The third-order valence-electron chi connectivity index (χ3n) is 4.93. The molecule has 2 saturated carbocycles. The molecule has 2 aliphatic rings. The molecule has 0 aromatic rings. The summed E-state index contributed by atoms with van der Waals surface area (Å²) in [7, 11) is 0. The van der Waals surface area contributed by atoms with Crippen LogP contribution in [-0.2, 0) is 4.79 Å². The van der Waals surface area contributed by atoms with Gasteiger partial charge in [-0.25, -0.2) is 0 Å². The minimum absolute atomic E-state index is 0.0914. The van der Waals surface area contributed by atoms with E-state index in [2.05, 4.69) is 20.8 Å². The summed E-state index contributed by atoms with van der Waals surface area (Å²) in [6.45, 7) is 6.78. The molecule has 1 N–H and O–H groups in total. The summed E-state index contributed by atoms with van der Waals surface area (Å²) in [5, 5.41) is 9.35. The standard InChI is InChI=1S/C14H22O2/c1-13(2)7-4-8-14(3)10(9-15)11(16)5-6-12(13)14/h9,12,15H,4-8H2,1-3H3/b10-9+/t12-,14+/m1/s1. The molecule has 0 bridgehead atoms. The van der Waals surface area contributed by atoms with Gasteiger partial charge in [-0.15, -0.1) is 0 Å². The molecule has 0 aromatic carbocycles. The zero-order valence-corrected chi connectivity index (χ0v) is 10.5. The Labute approximate surface area is 97.7 Å². The maximum Gasteiger partial charge on any atom is 0.162 e. The van der Waals surface area contributed by atoms with Crippen molar-refractivity contribution < 1.29 is 9.90 Å². The lowest BCUT2D eigenvalue weighted by Crippen LogP contribution is -2.47. The predicted molar refractivity (Wildman–Crippen MR) is 64.2 cm³/mol. The number of hydrogen-bond donors (Lipinski definition) is 1. The zero-order valence-electron chi connectivity index (χ0n) is 10.5. The molecule has 0 spiro atoms. The van der Waals surface area contributed by atoms with Crippen molar-refractivity contribution in [1.29, 1.82) is 0 Å². The monoisotopic (exact) mass is 222 g/mol. The van der Waals surface area contributed by atoms with Crippen LogP contribution in [0.4, 0.5) is 0 Å². The molecule has 0 radical (unpaired) electrons. The largest absolute Gasteiger partial charge is 0.515 e. The molecule has 2 nitrogen and oxygen atoms in total. The van der Waals surface area contributed by atoms with Crippen molar-refractivity contribution in [2.75, 3.05) is 0 Å². The van der Waals surface area contributed by atoms with Gasteiger partial charge in [0.25, 0.3) is 0 Å². The average Bonchev–Trinajstić information content (AvgIpc) is 2.15. The fourth-order valence-corrected chi connectivity index (χ4v) is 4.10. The number of carbonyl (C=O) groups excluding carboxylic acids is 1. The zero-order chi connectivity index (χ0) is 12.0. The summed E-state index contributed by atoms with van der Waals surface area (Å²) < 4.78 is 0. The molecule has 2 rings (SSSR count). The average molecular weight is 222 g/mol. The topological polar surface area (TPSA) is 37.3 Å². The fourth-order valence-electron chi connectivity index (χ4n) is 4.10. The molecular weight excluding hydrogens is 200 g/mol. The van der Waals surface area contributed by atoms with Gasteiger partial charge in [-0.3, -0.25) is 4.79 Å². The maximum atomic E-state index is 11.9. The van der Waals surface area contributed by atoms with Gasteiger partial charge < -0.3 is 5.11 Å². The van der Waals surface area contributed by atoms with Gasteiger partial charge in [0.15, 0.2) is 5.78 Å². The van der Waals surface area contributed by atoms with Crippen LogP contribution in [0.25, 0.3) is 0 Å². The fraction of sp³-hybridized carbons (Fsp3) is 0.786. The van der Waals surface area contributed by atoms with Crippen molar-refractivity contribution in [3.8, 4) is 0 Å². The normalized spacial score (nSPS) is 40.8. The van der Waals surface area contributed by atoms with Gasteiger partial charge in [-0.1, -0.05) is 27.2 Å². The van der Waals surface area contributed by atoms with Crippen LogP contribution in [0.2, 0.25) is 0 Å². The number of ketones is 1. The second-order valence-corrected chi connectivity index (χ2v) is 6.32. The number of carbonyl (C=O) groups is 1. The van der Waals surface area contributed by atoms with Gasteiger partial charge in [-0.05, 0) is 30.6 Å².